The average molecular weight is 313 g/mol. The maximum absolute atomic E-state index is 14.2. The van der Waals surface area contributed by atoms with Crippen LogP contribution in [-0.4, -0.2) is 24.5 Å². The molecule has 6 heteroatoms. The van der Waals surface area contributed by atoms with Crippen molar-refractivity contribution in [3.63, 3.8) is 0 Å². The van der Waals surface area contributed by atoms with E-state index in [9.17, 15) is 9.18 Å². The van der Waals surface area contributed by atoms with Gasteiger partial charge in [0.15, 0.2) is 5.82 Å². The number of hydrogen-bond acceptors (Lipinski definition) is 2. The van der Waals surface area contributed by atoms with Crippen molar-refractivity contribution in [2.24, 2.45) is 0 Å². The number of ether oxygens (including phenoxy) is 1. The summed E-state index contributed by atoms with van der Waals surface area (Å²) in [4.78, 5) is 14.8. The fourth-order valence-corrected chi connectivity index (χ4v) is 2.76. The first kappa shape index (κ1) is 11.5. The van der Waals surface area contributed by atoms with Gasteiger partial charge in [-0.2, -0.15) is 0 Å². The Morgan fingerprint density at radius 3 is 3.00 bits per heavy atom. The molecule has 4 nitrogen and oxygen atoms in total. The van der Waals surface area contributed by atoms with Crippen molar-refractivity contribution in [3.05, 3.63) is 27.6 Å². The molecule has 0 fully saturated rings. The van der Waals surface area contributed by atoms with E-state index in [0.29, 0.717) is 35.2 Å². The quantitative estimate of drug-likeness (QED) is 0.849. The summed E-state index contributed by atoms with van der Waals surface area (Å²) in [6, 6.07) is 1.67. The minimum absolute atomic E-state index is 0.175. The fourth-order valence-electron chi connectivity index (χ4n) is 2.28. The number of H-pyrrole nitrogens is 1. The molecular weight excluding hydrogens is 303 g/mol. The number of rotatable bonds is 1. The number of hydrogen-bond donors (Lipinski definition) is 2. The molecule has 1 aromatic carbocycles. The lowest BCUT2D eigenvalue weighted by Crippen LogP contribution is -2.31. The molecule has 0 radical (unpaired) electrons. The number of aromatic nitrogens is 1. The van der Waals surface area contributed by atoms with Crippen molar-refractivity contribution >= 4 is 32.7 Å². The summed E-state index contributed by atoms with van der Waals surface area (Å²) >= 11 is 3.15. The lowest BCUT2D eigenvalue weighted by atomic mass is 10.1. The molecular formula is C12H10BrFN2O2. The van der Waals surface area contributed by atoms with Gasteiger partial charge in [0, 0.05) is 24.0 Å². The van der Waals surface area contributed by atoms with Crippen LogP contribution >= 0.6 is 15.9 Å². The van der Waals surface area contributed by atoms with Gasteiger partial charge in [-0.1, -0.05) is 0 Å². The van der Waals surface area contributed by atoms with E-state index >= 15 is 0 Å². The van der Waals surface area contributed by atoms with E-state index < -0.39 is 5.82 Å². The monoisotopic (exact) mass is 312 g/mol. The van der Waals surface area contributed by atoms with E-state index in [1.165, 1.54) is 7.11 Å². The highest BCUT2D eigenvalue weighted by molar-refractivity contribution is 9.10. The molecule has 0 saturated heterocycles. The number of aromatic amines is 1. The Hall–Kier alpha value is -1.56. The molecule has 2 N–H and O–H groups in total. The first-order valence-electron chi connectivity index (χ1n) is 5.48. The molecule has 0 spiro atoms. The summed E-state index contributed by atoms with van der Waals surface area (Å²) < 4.78 is 19.5. The van der Waals surface area contributed by atoms with E-state index in [2.05, 4.69) is 26.2 Å². The Morgan fingerprint density at radius 2 is 2.28 bits per heavy atom. The number of methoxy groups -OCH3 is 1. The zero-order chi connectivity index (χ0) is 12.9. The first-order valence-corrected chi connectivity index (χ1v) is 6.27. The van der Waals surface area contributed by atoms with Crippen LogP contribution in [-0.2, 0) is 6.42 Å². The number of halogens is 2. The van der Waals surface area contributed by atoms with Crippen LogP contribution in [0.1, 0.15) is 16.1 Å². The number of amides is 1. The van der Waals surface area contributed by atoms with Gasteiger partial charge in [-0.3, -0.25) is 4.79 Å². The number of carbonyl (C=O) groups is 1. The van der Waals surface area contributed by atoms with Crippen LogP contribution in [0, 0.1) is 5.82 Å². The predicted octanol–water partition coefficient (Wildman–Crippen LogP) is 2.36. The second-order valence-electron chi connectivity index (χ2n) is 4.11. The van der Waals surface area contributed by atoms with E-state index in [0.717, 1.165) is 5.69 Å². The zero-order valence-corrected chi connectivity index (χ0v) is 11.1. The van der Waals surface area contributed by atoms with Crippen LogP contribution in [0.2, 0.25) is 0 Å². The second kappa shape index (κ2) is 3.98. The minimum Gasteiger partial charge on any atom is -0.495 e. The summed E-state index contributed by atoms with van der Waals surface area (Å²) in [7, 11) is 1.46. The number of benzene rings is 1. The molecule has 94 valence electrons. The van der Waals surface area contributed by atoms with Crippen molar-refractivity contribution in [1.29, 1.82) is 0 Å². The molecule has 1 aliphatic heterocycles. The van der Waals surface area contributed by atoms with Crippen LogP contribution in [0.4, 0.5) is 4.39 Å². The first-order chi connectivity index (χ1) is 8.63. The second-order valence-corrected chi connectivity index (χ2v) is 4.91. The van der Waals surface area contributed by atoms with E-state index in [4.69, 9.17) is 4.74 Å². The summed E-state index contributed by atoms with van der Waals surface area (Å²) in [6.45, 7) is 0.568. The van der Waals surface area contributed by atoms with E-state index in [1.54, 1.807) is 6.07 Å². The van der Waals surface area contributed by atoms with Crippen LogP contribution < -0.4 is 10.1 Å². The molecule has 1 amide bonds. The molecule has 0 saturated carbocycles. The molecule has 2 heterocycles. The van der Waals surface area contributed by atoms with Gasteiger partial charge in [-0.15, -0.1) is 0 Å². The Balaban J connectivity index is 2.40. The number of nitrogens with one attached hydrogen (secondary N) is 2. The smallest absolute Gasteiger partial charge is 0.253 e. The van der Waals surface area contributed by atoms with Crippen molar-refractivity contribution in [2.75, 3.05) is 13.7 Å². The average Bonchev–Trinajstić information content (AvgIpc) is 2.74. The van der Waals surface area contributed by atoms with Gasteiger partial charge in [-0.25, -0.2) is 4.39 Å². The normalized spacial score (nSPS) is 14.5. The van der Waals surface area contributed by atoms with Crippen LogP contribution in [0.15, 0.2) is 10.5 Å². The van der Waals surface area contributed by atoms with Gasteiger partial charge in [-0.05, 0) is 22.0 Å². The molecule has 1 aliphatic rings. The lowest BCUT2D eigenvalue weighted by molar-refractivity contribution is 0.0947. The summed E-state index contributed by atoms with van der Waals surface area (Å²) in [5, 5.41) is 3.31. The molecule has 0 unspecified atom stereocenters. The molecule has 2 aromatic rings. The third-order valence-electron chi connectivity index (χ3n) is 3.13. The van der Waals surface area contributed by atoms with Crippen LogP contribution in [0.25, 0.3) is 10.9 Å². The SMILES string of the molecule is COc1cc2c3c([nH]c2c(F)c1Br)CCNC3=O. The Bertz CT molecular complexity index is 666. The summed E-state index contributed by atoms with van der Waals surface area (Å²) in [5.41, 5.74) is 1.62. The van der Waals surface area contributed by atoms with Crippen molar-refractivity contribution < 1.29 is 13.9 Å². The minimum atomic E-state index is -0.438. The highest BCUT2D eigenvalue weighted by Crippen LogP contribution is 2.36. The molecule has 0 bridgehead atoms. The Labute approximate surface area is 111 Å². The topological polar surface area (TPSA) is 54.1 Å². The standard InChI is InChI=1S/C12H10BrFN2O2/c1-18-7-4-5-8-6(2-3-15-12(8)17)16-11(5)10(14)9(7)13/h4,16H,2-3H2,1H3,(H,15,17). The third-order valence-corrected chi connectivity index (χ3v) is 3.87. The Morgan fingerprint density at radius 1 is 1.50 bits per heavy atom. The van der Waals surface area contributed by atoms with Crippen molar-refractivity contribution in [2.45, 2.75) is 6.42 Å². The van der Waals surface area contributed by atoms with Crippen molar-refractivity contribution in [3.8, 4) is 5.75 Å². The van der Waals surface area contributed by atoms with Gasteiger partial charge in [0.2, 0.25) is 0 Å². The van der Waals surface area contributed by atoms with Gasteiger partial charge in [0.25, 0.3) is 5.91 Å². The highest BCUT2D eigenvalue weighted by Gasteiger charge is 2.25. The lowest BCUT2D eigenvalue weighted by Gasteiger charge is -2.12. The van der Waals surface area contributed by atoms with E-state index in [1.807, 2.05) is 0 Å². The van der Waals surface area contributed by atoms with Gasteiger partial charge in [0.05, 0.1) is 22.7 Å². The third kappa shape index (κ3) is 1.45. The molecule has 18 heavy (non-hydrogen) atoms. The summed E-state index contributed by atoms with van der Waals surface area (Å²) in [5.74, 6) is -0.238. The number of carbonyl (C=O) groups excluding carboxylic acids is 1. The molecule has 3 rings (SSSR count). The van der Waals surface area contributed by atoms with Gasteiger partial charge < -0.3 is 15.0 Å². The maximum atomic E-state index is 14.2. The van der Waals surface area contributed by atoms with Crippen molar-refractivity contribution in [1.82, 2.24) is 10.3 Å². The maximum Gasteiger partial charge on any atom is 0.253 e. The highest BCUT2D eigenvalue weighted by atomic mass is 79.9. The largest absolute Gasteiger partial charge is 0.495 e. The predicted molar refractivity (Wildman–Crippen MR) is 68.5 cm³/mol. The van der Waals surface area contributed by atoms with Crippen LogP contribution in [0.5, 0.6) is 5.75 Å². The Kier molecular flexibility index (Phi) is 2.55. The zero-order valence-electron chi connectivity index (χ0n) is 9.56. The fraction of sp³-hybridized carbons (Fsp3) is 0.250. The van der Waals surface area contributed by atoms with E-state index in [-0.39, 0.29) is 10.4 Å². The number of fused-ring (bicyclic) bond motifs is 3. The molecule has 0 atom stereocenters. The van der Waals surface area contributed by atoms with Gasteiger partial charge in [0.1, 0.15) is 5.75 Å². The molecule has 0 aliphatic carbocycles. The summed E-state index contributed by atoms with van der Waals surface area (Å²) in [6.07, 6.45) is 0.676. The molecule has 1 aromatic heterocycles. The van der Waals surface area contributed by atoms with Gasteiger partial charge >= 0.3 is 0 Å². The van der Waals surface area contributed by atoms with Crippen LogP contribution in [0.3, 0.4) is 0 Å².